The summed E-state index contributed by atoms with van der Waals surface area (Å²) in [5.74, 6) is -4.62. The van der Waals surface area contributed by atoms with Crippen molar-refractivity contribution in [3.05, 3.63) is 125 Å². The molecule has 3 aliphatic rings. The van der Waals surface area contributed by atoms with Crippen molar-refractivity contribution in [3.63, 3.8) is 0 Å². The molecule has 6 heterocycles. The highest BCUT2D eigenvalue weighted by Gasteiger charge is 2.42. The van der Waals surface area contributed by atoms with Crippen molar-refractivity contribution in [1.29, 1.82) is 0 Å². The number of nitrogens with zero attached hydrogens (tertiary/aromatic N) is 6. The van der Waals surface area contributed by atoms with E-state index in [0.29, 0.717) is 49.3 Å². The molecule has 0 saturated carbocycles. The molecule has 3 aromatic carbocycles. The van der Waals surface area contributed by atoms with Crippen LogP contribution in [0.15, 0.2) is 84.6 Å². The van der Waals surface area contributed by atoms with Crippen LogP contribution in [0, 0.1) is 30.4 Å². The van der Waals surface area contributed by atoms with Crippen molar-refractivity contribution in [3.8, 4) is 21.6 Å². The molecule has 3 amide bonds. The van der Waals surface area contributed by atoms with E-state index in [9.17, 15) is 32.0 Å². The van der Waals surface area contributed by atoms with Crippen molar-refractivity contribution in [2.75, 3.05) is 75.2 Å². The number of pyridine rings is 1. The van der Waals surface area contributed by atoms with Gasteiger partial charge in [-0.2, -0.15) is 12.7 Å². The molecule has 22 heteroatoms. The lowest BCUT2D eigenvalue weighted by atomic mass is 9.85. The zero-order valence-electron chi connectivity index (χ0n) is 42.6. The van der Waals surface area contributed by atoms with Crippen molar-refractivity contribution >= 4 is 67.5 Å². The van der Waals surface area contributed by atoms with Crippen LogP contribution in [0.3, 0.4) is 0 Å². The van der Waals surface area contributed by atoms with E-state index in [1.54, 1.807) is 28.5 Å². The third kappa shape index (κ3) is 12.1. The quantitative estimate of drug-likeness (QED) is 0.0530. The zero-order valence-corrected chi connectivity index (χ0v) is 44.2. The molecule has 3 aliphatic heterocycles. The second-order valence-electron chi connectivity index (χ2n) is 20.3. The smallest absolute Gasteiger partial charge is 0.301 e. The normalized spacial score (nSPS) is 18.0. The van der Waals surface area contributed by atoms with Crippen LogP contribution >= 0.6 is 11.3 Å². The number of aromatic amines is 1. The van der Waals surface area contributed by atoms with E-state index in [4.69, 9.17) is 4.74 Å². The van der Waals surface area contributed by atoms with Gasteiger partial charge in [0.1, 0.15) is 36.3 Å². The number of ketones is 1. The maximum atomic E-state index is 15.8. The summed E-state index contributed by atoms with van der Waals surface area (Å²) < 4.78 is 79.0. The second-order valence-corrected chi connectivity index (χ2v) is 22.8. The first kappa shape index (κ1) is 54.1. The number of carbonyl (C=O) groups excluding carboxylic acids is 4. The van der Waals surface area contributed by atoms with Gasteiger partial charge in [-0.3, -0.25) is 28.8 Å². The SMILES string of the molecule is Cc1ncsc1-c1ccc(CNC(=O)[C@@H]2C[CH]CN2C(=O)[C@@H](NC(=O)COCCN2CCN(c3ccc(-c4cnc5[nH]cc(C(=O)c6c(F)ccc(NS(=O)(=O)N7CC[C@@H](F)C7)c6F)c5c4)cc3)CC2)C(C)(C)C)cc1. The van der Waals surface area contributed by atoms with Gasteiger partial charge in [0.05, 0.1) is 33.9 Å². The largest absolute Gasteiger partial charge is 0.370 e. The number of aromatic nitrogens is 3. The van der Waals surface area contributed by atoms with Crippen molar-refractivity contribution in [2.24, 2.45) is 5.41 Å². The van der Waals surface area contributed by atoms with E-state index in [-0.39, 0.29) is 37.0 Å². The van der Waals surface area contributed by atoms with Gasteiger partial charge in [0.15, 0.2) is 5.82 Å². The van der Waals surface area contributed by atoms with Crippen LogP contribution in [0.5, 0.6) is 0 Å². The van der Waals surface area contributed by atoms with Crippen LogP contribution in [-0.2, 0) is 35.9 Å². The Bertz CT molecular complexity index is 3210. The summed E-state index contributed by atoms with van der Waals surface area (Å²) in [6.45, 7) is 11.3. The van der Waals surface area contributed by atoms with Gasteiger partial charge < -0.3 is 30.2 Å². The average molecular weight is 1080 g/mol. The number of rotatable bonds is 18. The lowest BCUT2D eigenvalue weighted by Gasteiger charge is -2.36. The minimum Gasteiger partial charge on any atom is -0.370 e. The van der Waals surface area contributed by atoms with Crippen LogP contribution in [0.4, 0.5) is 24.5 Å². The molecule has 3 atom stereocenters. The Morgan fingerprint density at radius 1 is 0.934 bits per heavy atom. The van der Waals surface area contributed by atoms with Gasteiger partial charge in [-0.15, -0.1) is 11.3 Å². The molecular formula is C54H60F3N10O7S2. The summed E-state index contributed by atoms with van der Waals surface area (Å²) in [5, 5.41) is 6.19. The summed E-state index contributed by atoms with van der Waals surface area (Å²) >= 11 is 1.58. The number of amides is 3. The van der Waals surface area contributed by atoms with Gasteiger partial charge in [-0.1, -0.05) is 57.2 Å². The van der Waals surface area contributed by atoms with E-state index < -0.39 is 75.0 Å². The van der Waals surface area contributed by atoms with E-state index in [0.717, 1.165) is 75.6 Å². The number of likely N-dealkylation sites (tertiary alicyclic amines) is 1. The Hall–Kier alpha value is -6.72. The Morgan fingerprint density at radius 2 is 1.67 bits per heavy atom. The van der Waals surface area contributed by atoms with Gasteiger partial charge in [0.2, 0.25) is 23.5 Å². The topological polar surface area (TPSA) is 202 Å². The maximum absolute atomic E-state index is 15.8. The fourth-order valence-electron chi connectivity index (χ4n) is 9.68. The number of nitrogens with one attached hydrogen (secondary N) is 4. The molecule has 9 rings (SSSR count). The zero-order chi connectivity index (χ0) is 53.9. The number of fused-ring (bicyclic) bond motifs is 1. The van der Waals surface area contributed by atoms with E-state index >= 15 is 8.78 Å². The molecule has 3 saturated heterocycles. The Kier molecular flexibility index (Phi) is 16.3. The van der Waals surface area contributed by atoms with Gasteiger partial charge in [-0.05, 0) is 78.6 Å². The maximum Gasteiger partial charge on any atom is 0.301 e. The van der Waals surface area contributed by atoms with Crippen molar-refractivity contribution in [1.82, 2.24) is 39.7 Å². The molecule has 4 N–H and O–H groups in total. The standard InChI is InChI=1S/C54H60F3N10O7S2/c1-33-49(75-32-61-33)36-9-7-34(8-10-36)27-60-52(70)44-6-5-18-67(44)53(71)50(54(2,3)4)62-45(68)31-74-25-24-64-20-22-65(23-21-64)39-13-11-35(12-14-39)37-26-40-41(29-59-51(40)58-28-37)48(69)46-42(56)15-16-43(47(46)57)63-76(72,73)66-19-17-38(55)30-66/h5,7-16,26,28-29,32,38,44,50,63H,6,17-25,27,30-31H2,1-4H3,(H,58,59)(H,60,70)(H,62,68)/t38-,44+,50-/m1/s1. The molecule has 76 heavy (non-hydrogen) atoms. The average Bonchev–Trinajstić information content (AvgIpc) is 4.27. The first-order valence-corrected chi connectivity index (χ1v) is 27.4. The highest BCUT2D eigenvalue weighted by Crippen LogP contribution is 2.33. The summed E-state index contributed by atoms with van der Waals surface area (Å²) in [5.41, 5.74) is 5.17. The number of anilines is 2. The minimum atomic E-state index is -4.37. The number of thiazole rings is 1. The molecule has 6 aromatic rings. The van der Waals surface area contributed by atoms with E-state index in [1.807, 2.05) is 92.9 Å². The number of alkyl halides is 1. The molecule has 0 spiro atoms. The Labute approximate surface area is 443 Å². The van der Waals surface area contributed by atoms with Gasteiger partial charge in [0.25, 0.3) is 0 Å². The monoisotopic (exact) mass is 1080 g/mol. The summed E-state index contributed by atoms with van der Waals surface area (Å²) in [6.07, 6.45) is 3.86. The number of benzene rings is 3. The number of aryl methyl sites for hydroxylation is 1. The van der Waals surface area contributed by atoms with Crippen molar-refractivity contribution < 1.29 is 45.5 Å². The summed E-state index contributed by atoms with van der Waals surface area (Å²) in [7, 11) is -4.37. The lowest BCUT2D eigenvalue weighted by molar-refractivity contribution is -0.144. The number of carbonyl (C=O) groups is 4. The molecule has 401 valence electrons. The van der Waals surface area contributed by atoms with Crippen molar-refractivity contribution in [2.45, 2.75) is 65.3 Å². The molecule has 1 radical (unpaired) electrons. The first-order chi connectivity index (χ1) is 36.3. The predicted octanol–water partition coefficient (Wildman–Crippen LogP) is 6.66. The second kappa shape index (κ2) is 22.9. The highest BCUT2D eigenvalue weighted by molar-refractivity contribution is 7.90. The number of piperazine rings is 1. The third-order valence-electron chi connectivity index (χ3n) is 14.0. The number of halogens is 3. The number of hydrogen-bond donors (Lipinski definition) is 4. The Balaban J connectivity index is 0.730. The van der Waals surface area contributed by atoms with Crippen LogP contribution in [0.2, 0.25) is 0 Å². The van der Waals surface area contributed by atoms with E-state index in [1.165, 1.54) is 6.20 Å². The van der Waals surface area contributed by atoms with Gasteiger partial charge in [-0.25, -0.2) is 23.1 Å². The first-order valence-electron chi connectivity index (χ1n) is 25.1. The molecule has 0 bridgehead atoms. The van der Waals surface area contributed by atoms with Gasteiger partial charge >= 0.3 is 10.2 Å². The number of H-pyrrole nitrogens is 1. The van der Waals surface area contributed by atoms with Crippen LogP contribution in [0.25, 0.3) is 32.6 Å². The van der Waals surface area contributed by atoms with Crippen LogP contribution in [0.1, 0.15) is 60.8 Å². The Morgan fingerprint density at radius 3 is 2.36 bits per heavy atom. The molecule has 0 unspecified atom stereocenters. The fourth-order valence-corrected chi connectivity index (χ4v) is 11.8. The molecule has 3 fully saturated rings. The summed E-state index contributed by atoms with van der Waals surface area (Å²) in [4.78, 5) is 73.3. The summed E-state index contributed by atoms with van der Waals surface area (Å²) in [6, 6.07) is 17.5. The molecular weight excluding hydrogens is 1020 g/mol. The van der Waals surface area contributed by atoms with Crippen LogP contribution < -0.4 is 20.3 Å². The number of ether oxygens (including phenoxy) is 1. The molecule has 3 aromatic heterocycles. The fraction of sp³-hybridized carbons (Fsp3) is 0.389. The molecule has 17 nitrogen and oxygen atoms in total. The lowest BCUT2D eigenvalue weighted by Crippen LogP contribution is -2.58. The molecule has 0 aliphatic carbocycles. The third-order valence-corrected chi connectivity index (χ3v) is 16.5. The predicted molar refractivity (Wildman–Crippen MR) is 284 cm³/mol. The number of hydrogen-bond acceptors (Lipinski definition) is 12. The minimum absolute atomic E-state index is 0.00837. The highest BCUT2D eigenvalue weighted by atomic mass is 32.2. The van der Waals surface area contributed by atoms with E-state index in [2.05, 4.69) is 35.4 Å². The van der Waals surface area contributed by atoms with Crippen LogP contribution in [-0.4, -0.2) is 145 Å². The van der Waals surface area contributed by atoms with Gasteiger partial charge in [0, 0.05) is 93.5 Å².